The molecular weight excluding hydrogens is 552 g/mol. The molecule has 2 N–H and O–H groups in total. The number of alkyl carbamates (subject to hydrolysis) is 1. The molecule has 0 aliphatic heterocycles. The van der Waals surface area contributed by atoms with Crippen molar-refractivity contribution in [2.75, 3.05) is 6.26 Å². The van der Waals surface area contributed by atoms with Gasteiger partial charge >= 0.3 is 6.09 Å². The Morgan fingerprint density at radius 2 is 1.88 bits per heavy atom. The molecule has 10 heteroatoms. The second-order valence-corrected chi connectivity index (χ2v) is 14.0. The summed E-state index contributed by atoms with van der Waals surface area (Å²) in [7, 11) is -3.42. The fraction of sp³-hybridized carbons (Fsp3) is 0.467. The second-order valence-electron chi connectivity index (χ2n) is 11.6. The van der Waals surface area contributed by atoms with Gasteiger partial charge in [0.2, 0.25) is 0 Å². The second kappa shape index (κ2) is 11.4. The van der Waals surface area contributed by atoms with Crippen molar-refractivity contribution in [2.45, 2.75) is 87.9 Å². The van der Waals surface area contributed by atoms with Gasteiger partial charge in [0.15, 0.2) is 9.84 Å². The molecule has 2 aromatic carbocycles. The molecule has 1 unspecified atom stereocenters. The van der Waals surface area contributed by atoms with Crippen molar-refractivity contribution in [3.05, 3.63) is 69.6 Å². The van der Waals surface area contributed by atoms with E-state index < -0.39 is 26.9 Å². The van der Waals surface area contributed by atoms with E-state index in [1.165, 1.54) is 6.26 Å². The summed E-state index contributed by atoms with van der Waals surface area (Å²) in [6.45, 7) is 7.45. The van der Waals surface area contributed by atoms with Crippen LogP contribution in [0.2, 0.25) is 5.02 Å². The molecule has 1 atom stereocenters. The van der Waals surface area contributed by atoms with E-state index in [0.717, 1.165) is 10.9 Å². The summed E-state index contributed by atoms with van der Waals surface area (Å²) >= 11 is 6.49. The Morgan fingerprint density at radius 1 is 1.18 bits per heavy atom. The highest BCUT2D eigenvalue weighted by atomic mass is 35.5. The predicted octanol–water partition coefficient (Wildman–Crippen LogP) is 6.15. The van der Waals surface area contributed by atoms with Crippen LogP contribution in [0.25, 0.3) is 10.8 Å². The quantitative estimate of drug-likeness (QED) is 0.342. The summed E-state index contributed by atoms with van der Waals surface area (Å²) in [5, 5.41) is 4.67. The molecular formula is C30H37ClN2O6S. The fourth-order valence-corrected chi connectivity index (χ4v) is 6.51. The van der Waals surface area contributed by atoms with Gasteiger partial charge in [-0.05, 0) is 94.2 Å². The number of aromatic amines is 1. The monoisotopic (exact) mass is 588 g/mol. The van der Waals surface area contributed by atoms with Gasteiger partial charge in [0, 0.05) is 29.3 Å². The van der Waals surface area contributed by atoms with Crippen LogP contribution in [0.3, 0.4) is 0 Å². The molecule has 0 saturated heterocycles. The van der Waals surface area contributed by atoms with Gasteiger partial charge in [-0.3, -0.25) is 4.79 Å². The third-order valence-electron chi connectivity index (χ3n) is 7.55. The maximum absolute atomic E-state index is 12.9. The number of hydrogen-bond donors (Lipinski definition) is 2. The van der Waals surface area contributed by atoms with Crippen molar-refractivity contribution in [1.82, 2.24) is 10.3 Å². The van der Waals surface area contributed by atoms with Crippen molar-refractivity contribution in [2.24, 2.45) is 0 Å². The van der Waals surface area contributed by atoms with Gasteiger partial charge < -0.3 is 19.8 Å². The van der Waals surface area contributed by atoms with E-state index >= 15 is 0 Å². The topological polar surface area (TPSA) is 115 Å². The molecule has 3 aromatic rings. The summed E-state index contributed by atoms with van der Waals surface area (Å²) < 4.78 is 36.7. The number of rotatable bonds is 7. The Kier molecular flexibility index (Phi) is 8.57. The molecule has 0 radical (unpaired) electrons. The van der Waals surface area contributed by atoms with Gasteiger partial charge in [-0.25, -0.2) is 13.2 Å². The highest BCUT2D eigenvalue weighted by molar-refractivity contribution is 7.90. The molecule has 1 aromatic heterocycles. The number of pyridine rings is 1. The first kappa shape index (κ1) is 29.9. The van der Waals surface area contributed by atoms with Crippen LogP contribution in [-0.2, 0) is 20.0 Å². The van der Waals surface area contributed by atoms with Crippen LogP contribution in [0.1, 0.15) is 65.4 Å². The minimum absolute atomic E-state index is 0.151. The lowest BCUT2D eigenvalue weighted by molar-refractivity contribution is 0.0423. The van der Waals surface area contributed by atoms with Crippen LogP contribution in [0.5, 0.6) is 5.75 Å². The molecule has 1 aliphatic rings. The van der Waals surface area contributed by atoms with Gasteiger partial charge in [-0.2, -0.15) is 0 Å². The molecule has 1 fully saturated rings. The van der Waals surface area contributed by atoms with Crippen molar-refractivity contribution in [3.63, 3.8) is 0 Å². The number of aromatic nitrogens is 1. The fourth-order valence-electron chi connectivity index (χ4n) is 5.64. The number of hydrogen-bond acceptors (Lipinski definition) is 6. The lowest BCUT2D eigenvalue weighted by Gasteiger charge is -2.46. The molecule has 8 nitrogen and oxygen atoms in total. The number of nitrogens with one attached hydrogen (secondary N) is 2. The van der Waals surface area contributed by atoms with Crippen LogP contribution in [-0.4, -0.2) is 43.5 Å². The molecule has 40 heavy (non-hydrogen) atoms. The molecule has 1 saturated carbocycles. The number of ether oxygens (including phenoxy) is 2. The third kappa shape index (κ3) is 6.63. The van der Waals surface area contributed by atoms with Crippen LogP contribution >= 0.6 is 11.6 Å². The Hall–Kier alpha value is -3.04. The summed E-state index contributed by atoms with van der Waals surface area (Å²) in [5.74, 6) is 0.510. The number of fused-ring (bicyclic) bond motifs is 1. The van der Waals surface area contributed by atoms with Gasteiger partial charge in [0.25, 0.3) is 5.56 Å². The maximum Gasteiger partial charge on any atom is 0.407 e. The molecule has 0 bridgehead atoms. The standard InChI is InChI=1S/C30H37ClN2O6S/c1-6-26(33-28(35)39-29(2,3)4)30(20-8-7-9-22(17-20)40(5,36)37)13-10-21(11-14-30)38-25-16-19-12-15-32-27(34)23(19)18-24(25)31/h7-9,12,15-18,21,26H,6,10-11,13-14H2,1-5H3,(H,32,34)(H,33,35). The van der Waals surface area contributed by atoms with E-state index in [0.29, 0.717) is 48.3 Å². The minimum Gasteiger partial charge on any atom is -0.489 e. The van der Waals surface area contributed by atoms with E-state index in [1.807, 2.05) is 33.8 Å². The first-order chi connectivity index (χ1) is 18.7. The number of carbonyl (C=O) groups excluding carboxylic acids is 1. The Balaban J connectivity index is 1.64. The Morgan fingerprint density at radius 3 is 2.50 bits per heavy atom. The first-order valence-corrected chi connectivity index (χ1v) is 15.8. The van der Waals surface area contributed by atoms with Crippen LogP contribution in [0.4, 0.5) is 4.79 Å². The number of halogens is 1. The summed E-state index contributed by atoms with van der Waals surface area (Å²) in [4.78, 5) is 27.9. The zero-order valence-electron chi connectivity index (χ0n) is 23.5. The van der Waals surface area contributed by atoms with Gasteiger partial charge in [-0.15, -0.1) is 0 Å². The number of H-pyrrole nitrogens is 1. The summed E-state index contributed by atoms with van der Waals surface area (Å²) in [6, 6.07) is 11.9. The zero-order chi connectivity index (χ0) is 29.3. The van der Waals surface area contributed by atoms with E-state index in [1.54, 1.807) is 42.6 Å². The van der Waals surface area contributed by atoms with Gasteiger partial charge in [-0.1, -0.05) is 30.7 Å². The normalized spacial score (nSPS) is 20.6. The highest BCUT2D eigenvalue weighted by Crippen LogP contribution is 2.45. The Bertz CT molecular complexity index is 1550. The number of amides is 1. The molecule has 0 spiro atoms. The van der Waals surface area contributed by atoms with Crippen LogP contribution in [0.15, 0.2) is 58.4 Å². The van der Waals surface area contributed by atoms with E-state index in [4.69, 9.17) is 21.1 Å². The van der Waals surface area contributed by atoms with E-state index in [9.17, 15) is 18.0 Å². The van der Waals surface area contributed by atoms with E-state index in [-0.39, 0.29) is 22.6 Å². The van der Waals surface area contributed by atoms with Crippen LogP contribution in [0, 0.1) is 0 Å². The first-order valence-electron chi connectivity index (χ1n) is 13.5. The highest BCUT2D eigenvalue weighted by Gasteiger charge is 2.44. The van der Waals surface area contributed by atoms with Gasteiger partial charge in [0.1, 0.15) is 11.4 Å². The lowest BCUT2D eigenvalue weighted by atomic mass is 9.63. The number of carbonyl (C=O) groups is 1. The smallest absolute Gasteiger partial charge is 0.407 e. The zero-order valence-corrected chi connectivity index (χ0v) is 25.1. The molecule has 1 amide bonds. The maximum atomic E-state index is 12.9. The minimum atomic E-state index is -3.42. The largest absolute Gasteiger partial charge is 0.489 e. The molecule has 4 rings (SSSR count). The molecule has 1 heterocycles. The number of sulfone groups is 1. The van der Waals surface area contributed by atoms with E-state index in [2.05, 4.69) is 10.3 Å². The predicted molar refractivity (Wildman–Crippen MR) is 157 cm³/mol. The SMILES string of the molecule is CCC(NC(=O)OC(C)(C)C)C1(c2cccc(S(C)(=O)=O)c2)CCC(Oc2cc3cc[nH]c(=O)c3cc2Cl)CC1. The lowest BCUT2D eigenvalue weighted by Crippen LogP contribution is -2.53. The summed E-state index contributed by atoms with van der Waals surface area (Å²) in [6.07, 6.45) is 5.34. The van der Waals surface area contributed by atoms with Crippen molar-refractivity contribution in [3.8, 4) is 5.75 Å². The van der Waals surface area contributed by atoms with Crippen molar-refractivity contribution < 1.29 is 22.7 Å². The average Bonchev–Trinajstić information content (AvgIpc) is 2.87. The third-order valence-corrected chi connectivity index (χ3v) is 8.95. The van der Waals surface area contributed by atoms with Crippen LogP contribution < -0.4 is 15.6 Å². The summed E-state index contributed by atoms with van der Waals surface area (Å²) in [5.41, 5.74) is -0.541. The molecule has 216 valence electrons. The Labute approximate surface area is 240 Å². The van der Waals surface area contributed by atoms with Crippen molar-refractivity contribution >= 4 is 38.3 Å². The average molecular weight is 589 g/mol. The number of benzene rings is 2. The molecule has 1 aliphatic carbocycles. The van der Waals surface area contributed by atoms with Gasteiger partial charge in [0.05, 0.1) is 16.0 Å². The van der Waals surface area contributed by atoms with Crippen molar-refractivity contribution in [1.29, 1.82) is 0 Å².